The Labute approximate surface area is 215 Å². The topological polar surface area (TPSA) is 21.7 Å². The van der Waals surface area contributed by atoms with Gasteiger partial charge in [-0.15, -0.1) is 0 Å². The minimum atomic E-state index is 0.403. The maximum Gasteiger partial charge on any atom is 0.296 e. The molecule has 0 fully saturated rings. The summed E-state index contributed by atoms with van der Waals surface area (Å²) in [6.07, 6.45) is 2.06. The van der Waals surface area contributed by atoms with Gasteiger partial charge < -0.3 is 0 Å². The summed E-state index contributed by atoms with van der Waals surface area (Å²) in [5.74, 6) is 1.97. The van der Waals surface area contributed by atoms with E-state index in [2.05, 4.69) is 137 Å². The van der Waals surface area contributed by atoms with Crippen molar-refractivity contribution >= 4 is 11.0 Å². The number of nitrogens with zero attached hydrogens (tertiary/aromatic N) is 3. The highest BCUT2D eigenvalue weighted by molar-refractivity contribution is 5.81. The zero-order chi connectivity index (χ0) is 25.6. The second-order valence-corrected chi connectivity index (χ2v) is 10.5. The number of hydrogen-bond donors (Lipinski definition) is 0. The van der Waals surface area contributed by atoms with Crippen LogP contribution in [0.25, 0.3) is 39.4 Å². The zero-order valence-electron chi connectivity index (χ0n) is 22.5. The van der Waals surface area contributed by atoms with Gasteiger partial charge in [0.05, 0.1) is 18.3 Å². The summed E-state index contributed by atoms with van der Waals surface area (Å²) in [6, 6.07) is 26.2. The molecule has 3 nitrogen and oxygen atoms in total. The summed E-state index contributed by atoms with van der Waals surface area (Å²) in [6.45, 7) is 13.5. The first kappa shape index (κ1) is 24.0. The van der Waals surface area contributed by atoms with Gasteiger partial charge in [-0.3, -0.25) is 4.98 Å². The van der Waals surface area contributed by atoms with Crippen molar-refractivity contribution < 1.29 is 4.57 Å². The van der Waals surface area contributed by atoms with Crippen molar-refractivity contribution in [1.82, 2.24) is 9.55 Å². The van der Waals surface area contributed by atoms with Gasteiger partial charge in [0.25, 0.3) is 5.82 Å². The molecule has 36 heavy (non-hydrogen) atoms. The van der Waals surface area contributed by atoms with Crippen LogP contribution in [0.15, 0.2) is 79.0 Å². The van der Waals surface area contributed by atoms with Gasteiger partial charge in [-0.05, 0) is 55.0 Å². The molecule has 0 unspecified atom stereocenters. The summed E-state index contributed by atoms with van der Waals surface area (Å²) in [5, 5.41) is 0. The molecule has 0 atom stereocenters. The maximum absolute atomic E-state index is 4.98. The molecular weight excluding hydrogens is 438 g/mol. The van der Waals surface area contributed by atoms with Crippen LogP contribution >= 0.6 is 0 Å². The fraction of sp³-hybridized carbons (Fsp3) is 0.273. The fourth-order valence-electron chi connectivity index (χ4n) is 5.41. The summed E-state index contributed by atoms with van der Waals surface area (Å²) < 4.78 is 4.81. The Morgan fingerprint density at radius 1 is 0.722 bits per heavy atom. The molecule has 0 spiro atoms. The van der Waals surface area contributed by atoms with E-state index in [0.717, 1.165) is 17.1 Å². The number of fused-ring (bicyclic) bond motifs is 1. The number of benzene rings is 3. The van der Waals surface area contributed by atoms with Crippen molar-refractivity contribution in [2.24, 2.45) is 7.05 Å². The van der Waals surface area contributed by atoms with Crippen LogP contribution in [-0.4, -0.2) is 9.55 Å². The first-order valence-corrected chi connectivity index (χ1v) is 12.9. The van der Waals surface area contributed by atoms with Gasteiger partial charge in [0.2, 0.25) is 0 Å². The molecule has 5 rings (SSSR count). The fourth-order valence-corrected chi connectivity index (χ4v) is 5.41. The van der Waals surface area contributed by atoms with E-state index in [-0.39, 0.29) is 0 Å². The predicted octanol–water partition coefficient (Wildman–Crippen LogP) is 8.05. The minimum absolute atomic E-state index is 0.403. The van der Waals surface area contributed by atoms with E-state index in [0.29, 0.717) is 11.8 Å². The molecule has 5 aromatic rings. The van der Waals surface area contributed by atoms with Gasteiger partial charge in [-0.2, -0.15) is 4.57 Å². The summed E-state index contributed by atoms with van der Waals surface area (Å²) in [4.78, 5) is 4.98. The quantitative estimate of drug-likeness (QED) is 0.236. The molecular formula is C33H36N3+. The first-order valence-electron chi connectivity index (χ1n) is 12.9. The van der Waals surface area contributed by atoms with E-state index in [1.807, 2.05) is 0 Å². The van der Waals surface area contributed by atoms with Crippen molar-refractivity contribution in [1.29, 1.82) is 0 Å². The van der Waals surface area contributed by atoms with Gasteiger partial charge in [0.1, 0.15) is 5.69 Å². The van der Waals surface area contributed by atoms with Crippen LogP contribution in [0.2, 0.25) is 0 Å². The average Bonchev–Trinajstić information content (AvgIpc) is 3.15. The third-order valence-electron chi connectivity index (χ3n) is 7.35. The molecule has 0 aliphatic carbocycles. The highest BCUT2D eigenvalue weighted by Gasteiger charge is 2.31. The second-order valence-electron chi connectivity index (χ2n) is 10.5. The average molecular weight is 475 g/mol. The lowest BCUT2D eigenvalue weighted by atomic mass is 9.92. The summed E-state index contributed by atoms with van der Waals surface area (Å²) in [5.41, 5.74) is 12.3. The molecule has 3 heteroatoms. The minimum Gasteiger partial charge on any atom is -0.255 e. The molecule has 0 bridgehead atoms. The molecule has 0 saturated carbocycles. The standard InChI is InChI=1S/C33H36N3/c1-21(2)25-15-12-16-26(22(3)4)32(25)36-31-18-11-10-17-30(31)35(7)33(36)28-20-34-29(19-24(28)6)27-14-9-8-13-23(27)5/h8-22H,1-7H3/q+1. The van der Waals surface area contributed by atoms with Crippen LogP contribution in [0, 0.1) is 13.8 Å². The Hall–Kier alpha value is -3.72. The Morgan fingerprint density at radius 2 is 1.36 bits per heavy atom. The van der Waals surface area contributed by atoms with Crippen LogP contribution in [0.1, 0.15) is 61.8 Å². The molecule has 2 heterocycles. The molecule has 0 saturated heterocycles. The first-order chi connectivity index (χ1) is 17.3. The largest absolute Gasteiger partial charge is 0.296 e. The number of pyridine rings is 1. The third-order valence-corrected chi connectivity index (χ3v) is 7.35. The Balaban J connectivity index is 1.85. The van der Waals surface area contributed by atoms with E-state index in [1.54, 1.807) is 0 Å². The van der Waals surface area contributed by atoms with Crippen molar-refractivity contribution in [3.8, 4) is 28.3 Å². The SMILES string of the molecule is Cc1ccccc1-c1cc(C)c(-c2n(-c3c(C(C)C)cccc3C(C)C)c3ccccc3[n+]2C)cn1. The molecule has 0 aliphatic heterocycles. The molecule has 2 aromatic heterocycles. The van der Waals surface area contributed by atoms with Crippen molar-refractivity contribution in [2.45, 2.75) is 53.4 Å². The van der Waals surface area contributed by atoms with Gasteiger partial charge >= 0.3 is 0 Å². The highest BCUT2D eigenvalue weighted by atomic mass is 15.2. The number of para-hydroxylation sites is 3. The Kier molecular flexibility index (Phi) is 6.26. The van der Waals surface area contributed by atoms with E-state index >= 15 is 0 Å². The van der Waals surface area contributed by atoms with E-state index in [4.69, 9.17) is 4.98 Å². The van der Waals surface area contributed by atoms with E-state index in [9.17, 15) is 0 Å². The summed E-state index contributed by atoms with van der Waals surface area (Å²) in [7, 11) is 2.18. The van der Waals surface area contributed by atoms with Crippen LogP contribution < -0.4 is 4.57 Å². The number of hydrogen-bond acceptors (Lipinski definition) is 1. The lowest BCUT2D eigenvalue weighted by Crippen LogP contribution is -2.30. The highest BCUT2D eigenvalue weighted by Crippen LogP contribution is 2.37. The number of rotatable bonds is 5. The number of aryl methyl sites for hydroxylation is 3. The Bertz CT molecular complexity index is 1540. The van der Waals surface area contributed by atoms with E-state index in [1.165, 1.54) is 44.5 Å². The lowest BCUT2D eigenvalue weighted by molar-refractivity contribution is -0.633. The molecule has 3 aromatic carbocycles. The normalized spacial score (nSPS) is 11.7. The van der Waals surface area contributed by atoms with Crippen molar-refractivity contribution in [2.75, 3.05) is 0 Å². The molecule has 0 aliphatic rings. The van der Waals surface area contributed by atoms with Crippen LogP contribution in [0.3, 0.4) is 0 Å². The van der Waals surface area contributed by atoms with Crippen LogP contribution in [0.5, 0.6) is 0 Å². The van der Waals surface area contributed by atoms with Crippen molar-refractivity contribution in [3.05, 3.63) is 101 Å². The predicted molar refractivity (Wildman–Crippen MR) is 151 cm³/mol. The number of imidazole rings is 1. The smallest absolute Gasteiger partial charge is 0.255 e. The van der Waals surface area contributed by atoms with Gasteiger partial charge in [0.15, 0.2) is 11.0 Å². The molecule has 0 radical (unpaired) electrons. The maximum atomic E-state index is 4.98. The number of aromatic nitrogens is 3. The second kappa shape index (κ2) is 9.39. The van der Waals surface area contributed by atoms with Gasteiger partial charge in [0, 0.05) is 22.9 Å². The summed E-state index contributed by atoms with van der Waals surface area (Å²) >= 11 is 0. The molecule has 0 amide bonds. The monoisotopic (exact) mass is 474 g/mol. The van der Waals surface area contributed by atoms with Crippen molar-refractivity contribution in [3.63, 3.8) is 0 Å². The zero-order valence-corrected chi connectivity index (χ0v) is 22.5. The van der Waals surface area contributed by atoms with Gasteiger partial charge in [-0.1, -0.05) is 82.3 Å². The van der Waals surface area contributed by atoms with Crippen LogP contribution in [-0.2, 0) is 7.05 Å². The van der Waals surface area contributed by atoms with Gasteiger partial charge in [-0.25, -0.2) is 4.57 Å². The molecule has 0 N–H and O–H groups in total. The Morgan fingerprint density at radius 3 is 2.00 bits per heavy atom. The van der Waals surface area contributed by atoms with Crippen LogP contribution in [0.4, 0.5) is 0 Å². The lowest BCUT2D eigenvalue weighted by Gasteiger charge is -2.18. The molecule has 182 valence electrons. The third kappa shape index (κ3) is 3.93. The van der Waals surface area contributed by atoms with E-state index < -0.39 is 0 Å².